The minimum atomic E-state index is -0.912. The second-order valence-corrected chi connectivity index (χ2v) is 4.44. The summed E-state index contributed by atoms with van der Waals surface area (Å²) >= 11 is 0. The van der Waals surface area contributed by atoms with E-state index < -0.39 is 5.97 Å². The van der Waals surface area contributed by atoms with Crippen LogP contribution in [0.15, 0.2) is 41.2 Å². The summed E-state index contributed by atoms with van der Waals surface area (Å²) in [4.78, 5) is 22.8. The van der Waals surface area contributed by atoms with Gasteiger partial charge in [0.05, 0.1) is 5.69 Å². The Balaban J connectivity index is 2.46. The van der Waals surface area contributed by atoms with Gasteiger partial charge in [-0.15, -0.1) is 0 Å². The van der Waals surface area contributed by atoms with Crippen LogP contribution in [0.25, 0.3) is 11.3 Å². The molecule has 0 aliphatic heterocycles. The molecule has 0 amide bonds. The first-order chi connectivity index (χ1) is 9.61. The Morgan fingerprint density at radius 1 is 1.30 bits per heavy atom. The van der Waals surface area contributed by atoms with E-state index in [1.54, 1.807) is 6.07 Å². The molecule has 104 valence electrons. The zero-order valence-electron chi connectivity index (χ0n) is 11.2. The van der Waals surface area contributed by atoms with E-state index in [4.69, 9.17) is 5.11 Å². The van der Waals surface area contributed by atoms with Crippen molar-refractivity contribution in [3.63, 3.8) is 0 Å². The molecule has 0 aliphatic rings. The number of carboxylic acid groups (broad SMARTS) is 1. The number of aliphatic carboxylic acids is 1. The molecule has 0 saturated heterocycles. The van der Waals surface area contributed by atoms with Crippen molar-refractivity contribution in [1.82, 2.24) is 9.78 Å². The standard InChI is InChI=1S/C15H16N2O3/c1-2-17-15(20)12(8-9-14(18)19)10-13(16-17)11-6-4-3-5-7-11/h3-7,10H,2,8-9H2,1H3,(H,18,19). The van der Waals surface area contributed by atoms with E-state index in [1.165, 1.54) is 4.68 Å². The highest BCUT2D eigenvalue weighted by atomic mass is 16.4. The summed E-state index contributed by atoms with van der Waals surface area (Å²) in [5.41, 5.74) is 1.87. The Hall–Kier alpha value is -2.43. The number of carboxylic acids is 1. The van der Waals surface area contributed by atoms with Crippen molar-refractivity contribution in [3.05, 3.63) is 52.3 Å². The molecule has 1 aromatic carbocycles. The maximum Gasteiger partial charge on any atom is 0.303 e. The van der Waals surface area contributed by atoms with Crippen LogP contribution in [0, 0.1) is 0 Å². The van der Waals surface area contributed by atoms with Crippen LogP contribution in [0.2, 0.25) is 0 Å². The molecule has 0 fully saturated rings. The average Bonchev–Trinajstić information content (AvgIpc) is 2.47. The molecule has 0 aliphatic carbocycles. The van der Waals surface area contributed by atoms with Gasteiger partial charge in [0.25, 0.3) is 5.56 Å². The monoisotopic (exact) mass is 272 g/mol. The number of rotatable bonds is 5. The first-order valence-corrected chi connectivity index (χ1v) is 6.50. The molecule has 20 heavy (non-hydrogen) atoms. The van der Waals surface area contributed by atoms with Gasteiger partial charge < -0.3 is 5.11 Å². The molecule has 2 aromatic rings. The zero-order valence-corrected chi connectivity index (χ0v) is 11.2. The highest BCUT2D eigenvalue weighted by Gasteiger charge is 2.10. The fourth-order valence-corrected chi connectivity index (χ4v) is 1.98. The van der Waals surface area contributed by atoms with Crippen LogP contribution in [-0.2, 0) is 17.8 Å². The largest absolute Gasteiger partial charge is 0.481 e. The Kier molecular flexibility index (Phi) is 4.30. The number of hydrogen-bond donors (Lipinski definition) is 1. The summed E-state index contributed by atoms with van der Waals surface area (Å²) in [6, 6.07) is 11.2. The molecule has 0 saturated carbocycles. The van der Waals surface area contributed by atoms with Gasteiger partial charge in [-0.2, -0.15) is 5.10 Å². The molecule has 0 unspecified atom stereocenters. The van der Waals surface area contributed by atoms with Gasteiger partial charge in [0.1, 0.15) is 0 Å². The fourth-order valence-electron chi connectivity index (χ4n) is 1.98. The van der Waals surface area contributed by atoms with Gasteiger partial charge in [0.2, 0.25) is 0 Å². The SMILES string of the molecule is CCn1nc(-c2ccccc2)cc(CCC(=O)O)c1=O. The second kappa shape index (κ2) is 6.14. The molecule has 5 nitrogen and oxygen atoms in total. The molecule has 2 rings (SSSR count). The van der Waals surface area contributed by atoms with Crippen LogP contribution < -0.4 is 5.56 Å². The lowest BCUT2D eigenvalue weighted by molar-refractivity contribution is -0.136. The normalized spacial score (nSPS) is 10.4. The summed E-state index contributed by atoms with van der Waals surface area (Å²) in [7, 11) is 0. The Bertz CT molecular complexity index is 663. The van der Waals surface area contributed by atoms with Crippen LogP contribution in [0.1, 0.15) is 18.9 Å². The van der Waals surface area contributed by atoms with Crippen molar-refractivity contribution >= 4 is 5.97 Å². The molecule has 1 N–H and O–H groups in total. The van der Waals surface area contributed by atoms with Gasteiger partial charge >= 0.3 is 5.97 Å². The Morgan fingerprint density at radius 2 is 2.00 bits per heavy atom. The van der Waals surface area contributed by atoms with Crippen molar-refractivity contribution in [2.24, 2.45) is 0 Å². The van der Waals surface area contributed by atoms with E-state index in [2.05, 4.69) is 5.10 Å². The van der Waals surface area contributed by atoms with E-state index in [0.29, 0.717) is 17.8 Å². The predicted molar refractivity (Wildman–Crippen MR) is 75.6 cm³/mol. The van der Waals surface area contributed by atoms with Crippen molar-refractivity contribution in [2.45, 2.75) is 26.3 Å². The molecule has 1 heterocycles. The highest BCUT2D eigenvalue weighted by Crippen LogP contribution is 2.16. The first kappa shape index (κ1) is 14.0. The molecule has 0 bridgehead atoms. The van der Waals surface area contributed by atoms with Crippen LogP contribution in [0.5, 0.6) is 0 Å². The second-order valence-electron chi connectivity index (χ2n) is 4.44. The smallest absolute Gasteiger partial charge is 0.303 e. The summed E-state index contributed by atoms with van der Waals surface area (Å²) in [5.74, 6) is -0.912. The molecule has 0 atom stereocenters. The summed E-state index contributed by atoms with van der Waals surface area (Å²) < 4.78 is 1.37. The quantitative estimate of drug-likeness (QED) is 0.903. The summed E-state index contributed by atoms with van der Waals surface area (Å²) in [5, 5.41) is 13.1. The van der Waals surface area contributed by atoms with E-state index in [0.717, 1.165) is 5.56 Å². The number of hydrogen-bond acceptors (Lipinski definition) is 3. The zero-order chi connectivity index (χ0) is 14.5. The molecule has 0 spiro atoms. The van der Waals surface area contributed by atoms with E-state index >= 15 is 0 Å². The van der Waals surface area contributed by atoms with Crippen molar-refractivity contribution in [2.75, 3.05) is 0 Å². The third-order valence-electron chi connectivity index (χ3n) is 3.03. The van der Waals surface area contributed by atoms with Crippen LogP contribution in [0.4, 0.5) is 0 Å². The molecule has 1 aromatic heterocycles. The Morgan fingerprint density at radius 3 is 2.60 bits per heavy atom. The Labute approximate surface area is 116 Å². The van der Waals surface area contributed by atoms with Crippen LogP contribution in [0.3, 0.4) is 0 Å². The summed E-state index contributed by atoms with van der Waals surface area (Å²) in [6.07, 6.45) is 0.160. The summed E-state index contributed by atoms with van der Waals surface area (Å²) in [6.45, 7) is 2.30. The number of carbonyl (C=O) groups is 1. The van der Waals surface area contributed by atoms with Gasteiger partial charge in [-0.25, -0.2) is 4.68 Å². The fraction of sp³-hybridized carbons (Fsp3) is 0.267. The van der Waals surface area contributed by atoms with Crippen molar-refractivity contribution in [1.29, 1.82) is 0 Å². The minimum Gasteiger partial charge on any atom is -0.481 e. The minimum absolute atomic E-state index is 0.0583. The van der Waals surface area contributed by atoms with Gasteiger partial charge in [-0.1, -0.05) is 30.3 Å². The number of aryl methyl sites for hydroxylation is 2. The third kappa shape index (κ3) is 3.12. The highest BCUT2D eigenvalue weighted by molar-refractivity contribution is 5.67. The molecular formula is C15H16N2O3. The van der Waals surface area contributed by atoms with Crippen LogP contribution >= 0.6 is 0 Å². The number of nitrogens with zero attached hydrogens (tertiary/aromatic N) is 2. The molecule has 5 heteroatoms. The lowest BCUT2D eigenvalue weighted by atomic mass is 10.1. The lowest BCUT2D eigenvalue weighted by Gasteiger charge is -2.08. The van der Waals surface area contributed by atoms with Gasteiger partial charge in [0.15, 0.2) is 0 Å². The number of benzene rings is 1. The van der Waals surface area contributed by atoms with Gasteiger partial charge in [0, 0.05) is 24.1 Å². The predicted octanol–water partition coefficient (Wildman–Crippen LogP) is 1.95. The topological polar surface area (TPSA) is 72.2 Å². The third-order valence-corrected chi connectivity index (χ3v) is 3.03. The van der Waals surface area contributed by atoms with E-state index in [-0.39, 0.29) is 18.4 Å². The molecular weight excluding hydrogens is 256 g/mol. The van der Waals surface area contributed by atoms with E-state index in [1.807, 2.05) is 37.3 Å². The van der Waals surface area contributed by atoms with Gasteiger partial charge in [-0.3, -0.25) is 9.59 Å². The maximum atomic E-state index is 12.1. The van der Waals surface area contributed by atoms with Gasteiger partial charge in [-0.05, 0) is 19.4 Å². The average molecular weight is 272 g/mol. The van der Waals surface area contributed by atoms with Crippen molar-refractivity contribution < 1.29 is 9.90 Å². The van der Waals surface area contributed by atoms with Crippen LogP contribution in [-0.4, -0.2) is 20.9 Å². The number of aromatic nitrogens is 2. The first-order valence-electron chi connectivity index (χ1n) is 6.50. The van der Waals surface area contributed by atoms with E-state index in [9.17, 15) is 9.59 Å². The lowest BCUT2D eigenvalue weighted by Crippen LogP contribution is -2.26. The molecule has 0 radical (unpaired) electrons. The van der Waals surface area contributed by atoms with Crippen molar-refractivity contribution in [3.8, 4) is 11.3 Å². The maximum absolute atomic E-state index is 12.1.